The van der Waals surface area contributed by atoms with Gasteiger partial charge in [0.15, 0.2) is 0 Å². The minimum absolute atomic E-state index is 0.0813. The molecule has 3 N–H and O–H groups in total. The van der Waals surface area contributed by atoms with Gasteiger partial charge in [-0.15, -0.1) is 0 Å². The summed E-state index contributed by atoms with van der Waals surface area (Å²) in [7, 11) is 0. The number of rotatable bonds is 5. The molecule has 0 aliphatic heterocycles. The third kappa shape index (κ3) is 3.79. The monoisotopic (exact) mass is 285 g/mol. The first-order chi connectivity index (χ1) is 10.1. The zero-order chi connectivity index (χ0) is 15.2. The van der Waals surface area contributed by atoms with E-state index >= 15 is 0 Å². The molecule has 0 saturated carbocycles. The summed E-state index contributed by atoms with van der Waals surface area (Å²) in [6.07, 6.45) is 2.49. The van der Waals surface area contributed by atoms with Crippen LogP contribution in [0.1, 0.15) is 24.9 Å². The lowest BCUT2D eigenvalue weighted by Crippen LogP contribution is -2.28. The molecule has 0 bridgehead atoms. The quantitative estimate of drug-likeness (QED) is 0.880. The SMILES string of the molecule is CCCn1cc(NC(=O)C(N)c2ccccc2)ccc1=O. The summed E-state index contributed by atoms with van der Waals surface area (Å²) in [6, 6.07) is 11.5. The van der Waals surface area contributed by atoms with Gasteiger partial charge in [0.25, 0.3) is 5.56 Å². The van der Waals surface area contributed by atoms with Crippen molar-refractivity contribution in [3.05, 3.63) is 64.6 Å². The summed E-state index contributed by atoms with van der Waals surface area (Å²) in [6.45, 7) is 2.61. The molecule has 1 amide bonds. The van der Waals surface area contributed by atoms with Crippen LogP contribution in [0.5, 0.6) is 0 Å². The zero-order valence-corrected chi connectivity index (χ0v) is 12.0. The number of nitrogens with two attached hydrogens (primary N) is 1. The van der Waals surface area contributed by atoms with E-state index in [-0.39, 0.29) is 11.5 Å². The van der Waals surface area contributed by atoms with Crippen molar-refractivity contribution in [1.29, 1.82) is 0 Å². The second-order valence-corrected chi connectivity index (χ2v) is 4.83. The molecule has 0 spiro atoms. The van der Waals surface area contributed by atoms with E-state index in [0.717, 1.165) is 12.0 Å². The van der Waals surface area contributed by atoms with Crippen molar-refractivity contribution in [3.8, 4) is 0 Å². The lowest BCUT2D eigenvalue weighted by atomic mass is 10.1. The molecule has 1 unspecified atom stereocenters. The fourth-order valence-electron chi connectivity index (χ4n) is 2.05. The van der Waals surface area contributed by atoms with Gasteiger partial charge in [-0.3, -0.25) is 9.59 Å². The van der Waals surface area contributed by atoms with Crippen molar-refractivity contribution >= 4 is 11.6 Å². The Hall–Kier alpha value is -2.40. The molecule has 0 fully saturated rings. The number of nitrogens with zero attached hydrogens (tertiary/aromatic N) is 1. The van der Waals surface area contributed by atoms with Crippen molar-refractivity contribution < 1.29 is 4.79 Å². The number of carbonyl (C=O) groups excluding carboxylic acids is 1. The molecule has 0 saturated heterocycles. The first kappa shape index (κ1) is 15.0. The molecule has 1 aromatic carbocycles. The van der Waals surface area contributed by atoms with Gasteiger partial charge in [-0.25, -0.2) is 0 Å². The second-order valence-electron chi connectivity index (χ2n) is 4.83. The smallest absolute Gasteiger partial charge is 0.250 e. The summed E-state index contributed by atoms with van der Waals surface area (Å²) in [4.78, 5) is 23.8. The predicted molar refractivity (Wildman–Crippen MR) is 83.0 cm³/mol. The van der Waals surface area contributed by atoms with Crippen LogP contribution >= 0.6 is 0 Å². The molecular formula is C16H19N3O2. The summed E-state index contributed by atoms with van der Waals surface area (Å²) in [5.41, 5.74) is 7.17. The largest absolute Gasteiger partial charge is 0.323 e. The number of hydrogen-bond donors (Lipinski definition) is 2. The molecule has 5 nitrogen and oxygen atoms in total. The van der Waals surface area contributed by atoms with Gasteiger partial charge in [-0.05, 0) is 18.1 Å². The molecule has 1 heterocycles. The number of anilines is 1. The lowest BCUT2D eigenvalue weighted by Gasteiger charge is -2.13. The van der Waals surface area contributed by atoms with Gasteiger partial charge < -0.3 is 15.6 Å². The van der Waals surface area contributed by atoms with Gasteiger partial charge in [0.05, 0.1) is 5.69 Å². The number of nitrogens with one attached hydrogen (secondary N) is 1. The van der Waals surface area contributed by atoms with Crippen LogP contribution in [-0.2, 0) is 11.3 Å². The fourth-order valence-corrected chi connectivity index (χ4v) is 2.05. The van der Waals surface area contributed by atoms with Crippen LogP contribution in [0, 0.1) is 0 Å². The second kappa shape index (κ2) is 6.85. The lowest BCUT2D eigenvalue weighted by molar-refractivity contribution is -0.117. The summed E-state index contributed by atoms with van der Waals surface area (Å²) < 4.78 is 1.57. The third-order valence-electron chi connectivity index (χ3n) is 3.16. The van der Waals surface area contributed by atoms with Gasteiger partial charge in [-0.2, -0.15) is 0 Å². The normalized spacial score (nSPS) is 11.9. The van der Waals surface area contributed by atoms with Crippen LogP contribution in [0.15, 0.2) is 53.5 Å². The first-order valence-corrected chi connectivity index (χ1v) is 6.93. The molecular weight excluding hydrogens is 266 g/mol. The molecule has 1 aromatic heterocycles. The molecule has 1 atom stereocenters. The topological polar surface area (TPSA) is 77.1 Å². The van der Waals surface area contributed by atoms with E-state index in [9.17, 15) is 9.59 Å². The number of aryl methyl sites for hydroxylation is 1. The van der Waals surface area contributed by atoms with Crippen LogP contribution < -0.4 is 16.6 Å². The maximum atomic E-state index is 12.1. The first-order valence-electron chi connectivity index (χ1n) is 6.93. The Morgan fingerprint density at radius 3 is 2.62 bits per heavy atom. The van der Waals surface area contributed by atoms with E-state index in [4.69, 9.17) is 5.73 Å². The highest BCUT2D eigenvalue weighted by Gasteiger charge is 2.15. The standard InChI is InChI=1S/C16H19N3O2/c1-2-10-19-11-13(8-9-14(19)20)18-16(21)15(17)12-6-4-3-5-7-12/h3-9,11,15H,2,10,17H2,1H3,(H,18,21). The highest BCUT2D eigenvalue weighted by Crippen LogP contribution is 2.13. The minimum atomic E-state index is -0.738. The Morgan fingerprint density at radius 1 is 1.24 bits per heavy atom. The maximum Gasteiger partial charge on any atom is 0.250 e. The van der Waals surface area contributed by atoms with Gasteiger partial charge >= 0.3 is 0 Å². The van der Waals surface area contributed by atoms with Crippen LogP contribution in [0.25, 0.3) is 0 Å². The summed E-state index contributed by atoms with van der Waals surface area (Å²) >= 11 is 0. The number of amides is 1. The minimum Gasteiger partial charge on any atom is -0.323 e. The number of benzene rings is 1. The van der Waals surface area contributed by atoms with Gasteiger partial charge in [-0.1, -0.05) is 37.3 Å². The van der Waals surface area contributed by atoms with Crippen molar-refractivity contribution in [2.24, 2.45) is 5.73 Å². The predicted octanol–water partition coefficient (Wildman–Crippen LogP) is 1.90. The molecule has 2 rings (SSSR count). The fraction of sp³-hybridized carbons (Fsp3) is 0.250. The van der Waals surface area contributed by atoms with Crippen LogP contribution in [0.3, 0.4) is 0 Å². The number of hydrogen-bond acceptors (Lipinski definition) is 3. The average molecular weight is 285 g/mol. The van der Waals surface area contributed by atoms with E-state index in [1.165, 1.54) is 6.07 Å². The highest BCUT2D eigenvalue weighted by atomic mass is 16.2. The zero-order valence-electron chi connectivity index (χ0n) is 12.0. The number of aromatic nitrogens is 1. The Bertz CT molecular complexity index is 665. The van der Waals surface area contributed by atoms with E-state index in [2.05, 4.69) is 5.32 Å². The molecule has 0 aliphatic carbocycles. The molecule has 2 aromatic rings. The molecule has 110 valence electrons. The van der Waals surface area contributed by atoms with Crippen LogP contribution in [-0.4, -0.2) is 10.5 Å². The summed E-state index contributed by atoms with van der Waals surface area (Å²) in [5, 5.41) is 2.74. The van der Waals surface area contributed by atoms with Gasteiger partial charge in [0.2, 0.25) is 5.91 Å². The Kier molecular flexibility index (Phi) is 4.90. The van der Waals surface area contributed by atoms with Crippen molar-refractivity contribution in [2.45, 2.75) is 25.9 Å². The van der Waals surface area contributed by atoms with Crippen molar-refractivity contribution in [3.63, 3.8) is 0 Å². The molecule has 0 radical (unpaired) electrons. The molecule has 5 heteroatoms. The van der Waals surface area contributed by atoms with E-state index in [0.29, 0.717) is 12.2 Å². The van der Waals surface area contributed by atoms with Crippen molar-refractivity contribution in [1.82, 2.24) is 4.57 Å². The Labute approximate surface area is 123 Å². The van der Waals surface area contributed by atoms with Crippen LogP contribution in [0.4, 0.5) is 5.69 Å². The molecule has 21 heavy (non-hydrogen) atoms. The van der Waals surface area contributed by atoms with Crippen LogP contribution in [0.2, 0.25) is 0 Å². The van der Waals surface area contributed by atoms with E-state index < -0.39 is 6.04 Å². The van der Waals surface area contributed by atoms with Gasteiger partial charge in [0.1, 0.15) is 6.04 Å². The summed E-state index contributed by atoms with van der Waals surface area (Å²) in [5.74, 6) is -0.303. The van der Waals surface area contributed by atoms with Crippen molar-refractivity contribution in [2.75, 3.05) is 5.32 Å². The third-order valence-corrected chi connectivity index (χ3v) is 3.16. The maximum absolute atomic E-state index is 12.1. The molecule has 0 aliphatic rings. The number of carbonyl (C=O) groups is 1. The Morgan fingerprint density at radius 2 is 1.95 bits per heavy atom. The van der Waals surface area contributed by atoms with Gasteiger partial charge in [0, 0.05) is 18.8 Å². The Balaban J connectivity index is 2.12. The van der Waals surface area contributed by atoms with E-state index in [1.807, 2.05) is 37.3 Å². The average Bonchev–Trinajstić information content (AvgIpc) is 2.51. The highest BCUT2D eigenvalue weighted by molar-refractivity contribution is 5.95. The number of pyridine rings is 1. The van der Waals surface area contributed by atoms with E-state index in [1.54, 1.807) is 16.8 Å².